The van der Waals surface area contributed by atoms with Gasteiger partial charge in [0, 0.05) is 18.7 Å². The van der Waals surface area contributed by atoms with Crippen molar-refractivity contribution < 1.29 is 9.13 Å². The van der Waals surface area contributed by atoms with Gasteiger partial charge in [-0.05, 0) is 73.4 Å². The molecule has 5 rings (SSSR count). The second kappa shape index (κ2) is 13.6. The molecule has 0 aliphatic heterocycles. The van der Waals surface area contributed by atoms with Gasteiger partial charge >= 0.3 is 0 Å². The van der Waals surface area contributed by atoms with Gasteiger partial charge in [0.15, 0.2) is 0 Å². The van der Waals surface area contributed by atoms with Crippen LogP contribution in [0.2, 0.25) is 0 Å². The molecule has 0 spiro atoms. The van der Waals surface area contributed by atoms with Gasteiger partial charge in [-0.15, -0.1) is 0 Å². The zero-order chi connectivity index (χ0) is 29.3. The molecule has 0 saturated heterocycles. The van der Waals surface area contributed by atoms with E-state index >= 15 is 0 Å². The molecule has 0 radical (unpaired) electrons. The second-order valence-corrected chi connectivity index (χ2v) is 10.8. The van der Waals surface area contributed by atoms with Crippen molar-refractivity contribution in [3.63, 3.8) is 0 Å². The van der Waals surface area contributed by atoms with Crippen molar-refractivity contribution >= 4 is 39.9 Å². The van der Waals surface area contributed by atoms with E-state index in [1.807, 2.05) is 55.2 Å². The Balaban J connectivity index is 1.14. The molecule has 2 heterocycles. The van der Waals surface area contributed by atoms with Crippen LogP contribution < -0.4 is 25.9 Å². The summed E-state index contributed by atoms with van der Waals surface area (Å²) in [6.45, 7) is 2.76. The van der Waals surface area contributed by atoms with Gasteiger partial charge in [-0.2, -0.15) is 0 Å². The van der Waals surface area contributed by atoms with Crippen molar-refractivity contribution in [3.05, 3.63) is 104 Å². The fraction of sp³-hybridized carbons (Fsp3) is 0.273. The molecule has 0 atom stereocenters. The summed E-state index contributed by atoms with van der Waals surface area (Å²) in [4.78, 5) is 9.46. The molecule has 42 heavy (non-hydrogen) atoms. The Morgan fingerprint density at radius 2 is 1.40 bits per heavy atom. The van der Waals surface area contributed by atoms with Crippen LogP contribution in [-0.4, -0.2) is 27.1 Å². The van der Waals surface area contributed by atoms with Gasteiger partial charge in [0.05, 0.1) is 61.4 Å². The van der Waals surface area contributed by atoms with Crippen LogP contribution in [0.15, 0.2) is 108 Å². The van der Waals surface area contributed by atoms with Crippen molar-refractivity contribution in [2.75, 3.05) is 23.3 Å². The maximum absolute atomic E-state index is 6.31. The number of hydrogen-bond donors (Lipinski definition) is 3. The first-order valence-corrected chi connectivity index (χ1v) is 14.5. The molecule has 0 bridgehead atoms. The van der Waals surface area contributed by atoms with Crippen LogP contribution in [-0.2, 0) is 33.6 Å². The first-order valence-electron chi connectivity index (χ1n) is 14.5. The molecule has 0 amide bonds. The van der Waals surface area contributed by atoms with Crippen LogP contribution in [0.4, 0.5) is 28.4 Å². The summed E-state index contributed by atoms with van der Waals surface area (Å²) in [6, 6.07) is 12.2. The largest absolute Gasteiger partial charge is 0.397 e. The molecule has 2 aromatic carbocycles. The second-order valence-electron chi connectivity index (χ2n) is 10.8. The fourth-order valence-corrected chi connectivity index (χ4v) is 4.86. The van der Waals surface area contributed by atoms with Crippen LogP contribution in [0.5, 0.6) is 0 Å². The molecule has 4 aromatic rings. The van der Waals surface area contributed by atoms with Gasteiger partial charge in [-0.1, -0.05) is 12.1 Å². The summed E-state index contributed by atoms with van der Waals surface area (Å²) in [7, 11) is 4.07. The van der Waals surface area contributed by atoms with Crippen molar-refractivity contribution in [3.8, 4) is 0 Å². The maximum Gasteiger partial charge on any atom is 0.243 e. The van der Waals surface area contributed by atoms with Gasteiger partial charge < -0.3 is 16.8 Å². The number of unbranched alkanes of at least 4 members (excludes halogenated alkanes) is 1. The third-order valence-corrected chi connectivity index (χ3v) is 7.18. The number of rotatable bonds is 12. The third-order valence-electron chi connectivity index (χ3n) is 7.18. The molecule has 2 aromatic heterocycles. The number of nitrogens with zero attached hydrogens (tertiary/aromatic N) is 6. The van der Waals surface area contributed by atoms with Crippen LogP contribution in [0.3, 0.4) is 0 Å². The van der Waals surface area contributed by atoms with E-state index in [0.717, 1.165) is 68.1 Å². The molecule has 1 aliphatic carbocycles. The van der Waals surface area contributed by atoms with E-state index in [1.165, 1.54) is 5.56 Å². The number of nitrogens with one attached hydrogen (secondary N) is 1. The summed E-state index contributed by atoms with van der Waals surface area (Å²) >= 11 is 0. The summed E-state index contributed by atoms with van der Waals surface area (Å²) in [5.74, 6) is 0. The molecule has 9 nitrogen and oxygen atoms in total. The molecule has 216 valence electrons. The van der Waals surface area contributed by atoms with Gasteiger partial charge in [0.2, 0.25) is 12.7 Å². The Morgan fingerprint density at radius 1 is 0.762 bits per heavy atom. The molecule has 0 saturated carbocycles. The molecule has 1 aliphatic rings. The SMILES string of the molecule is C[n+]1ccn(CCCCc2ccc(Nc3cc(N=C4C=CC(=NCCCn5cc[n+](C)c5)C=C4)c(N)cc3N)cc2)c1. The normalized spacial score (nSPS) is 12.6. The molecule has 0 unspecified atom stereocenters. The number of allylic oxidation sites excluding steroid dienone is 4. The topological polar surface area (TPSA) is 106 Å². The van der Waals surface area contributed by atoms with E-state index in [9.17, 15) is 0 Å². The minimum Gasteiger partial charge on any atom is -0.397 e. The lowest BCUT2D eigenvalue weighted by molar-refractivity contribution is -0.671. The van der Waals surface area contributed by atoms with Crippen molar-refractivity contribution in [2.45, 2.75) is 38.8 Å². The van der Waals surface area contributed by atoms with Crippen molar-refractivity contribution in [1.82, 2.24) is 9.13 Å². The number of anilines is 4. The van der Waals surface area contributed by atoms with Gasteiger partial charge in [-0.25, -0.2) is 23.3 Å². The van der Waals surface area contributed by atoms with E-state index in [-0.39, 0.29) is 0 Å². The number of nitrogens with two attached hydrogens (primary N) is 2. The molecular formula is C33H41N9+2. The standard InChI is InChI=1S/C33H41N9/c1-39-18-20-41(24-39)16-4-3-6-26-7-9-28(10-8-26)37-32-23-33(31(35)22-30(32)34)38-29-13-11-27(12-14-29)36-15-5-17-42-21-19-40(2)25-42/h7-14,18-25,37H,3-6,15-17,34-35H2,1-2H3/q+2. The highest BCUT2D eigenvalue weighted by Gasteiger charge is 2.09. The zero-order valence-electron chi connectivity index (χ0n) is 24.5. The van der Waals surface area contributed by atoms with Gasteiger partial charge in [0.25, 0.3) is 0 Å². The summed E-state index contributed by atoms with van der Waals surface area (Å²) in [6.07, 6.45) is 24.7. The van der Waals surface area contributed by atoms with Crippen molar-refractivity contribution in [1.29, 1.82) is 0 Å². The maximum atomic E-state index is 6.31. The smallest absolute Gasteiger partial charge is 0.243 e. The summed E-state index contributed by atoms with van der Waals surface area (Å²) in [5, 5.41) is 3.43. The van der Waals surface area contributed by atoms with Crippen LogP contribution in [0.25, 0.3) is 0 Å². The lowest BCUT2D eigenvalue weighted by Gasteiger charge is -2.13. The monoisotopic (exact) mass is 563 g/mol. The highest BCUT2D eigenvalue weighted by Crippen LogP contribution is 2.34. The number of aromatic nitrogens is 4. The lowest BCUT2D eigenvalue weighted by atomic mass is 10.1. The quantitative estimate of drug-likeness (QED) is 0.102. The number of benzene rings is 2. The zero-order valence-corrected chi connectivity index (χ0v) is 24.5. The molecule has 5 N–H and O–H groups in total. The van der Waals surface area contributed by atoms with Crippen LogP contribution in [0.1, 0.15) is 24.8 Å². The molecule has 9 heteroatoms. The minimum absolute atomic E-state index is 0.536. The molecular weight excluding hydrogens is 522 g/mol. The van der Waals surface area contributed by atoms with Crippen LogP contribution >= 0.6 is 0 Å². The van der Waals surface area contributed by atoms with Crippen molar-refractivity contribution in [2.24, 2.45) is 24.1 Å². The Bertz CT molecular complexity index is 1600. The number of hydrogen-bond acceptors (Lipinski definition) is 5. The molecule has 0 fully saturated rings. The lowest BCUT2D eigenvalue weighted by Crippen LogP contribution is -2.23. The summed E-state index contributed by atoms with van der Waals surface area (Å²) in [5.41, 5.74) is 19.2. The van der Waals surface area contributed by atoms with E-state index in [1.54, 1.807) is 6.07 Å². The predicted molar refractivity (Wildman–Crippen MR) is 171 cm³/mol. The highest BCUT2D eigenvalue weighted by molar-refractivity contribution is 6.19. The minimum atomic E-state index is 0.536. The van der Waals surface area contributed by atoms with Gasteiger partial charge in [-0.3, -0.25) is 4.99 Å². The summed E-state index contributed by atoms with van der Waals surface area (Å²) < 4.78 is 8.50. The van der Waals surface area contributed by atoms with E-state index in [0.29, 0.717) is 17.1 Å². The van der Waals surface area contributed by atoms with E-state index in [4.69, 9.17) is 21.5 Å². The number of aryl methyl sites for hydroxylation is 5. The first kappa shape index (κ1) is 28.6. The Morgan fingerprint density at radius 3 is 2.05 bits per heavy atom. The first-order chi connectivity index (χ1) is 20.4. The highest BCUT2D eigenvalue weighted by atomic mass is 15.1. The Hall–Kier alpha value is -4.92. The number of aliphatic imine (C=N–C) groups is 2. The average molecular weight is 564 g/mol. The third kappa shape index (κ3) is 8.06. The average Bonchev–Trinajstić information content (AvgIpc) is 3.60. The van der Waals surface area contributed by atoms with Crippen LogP contribution in [0, 0.1) is 0 Å². The van der Waals surface area contributed by atoms with E-state index in [2.05, 4.69) is 74.5 Å². The Kier molecular flexibility index (Phi) is 9.28. The number of nitrogen functional groups attached to an aromatic ring is 2. The fourth-order valence-electron chi connectivity index (χ4n) is 4.86. The Labute approximate surface area is 247 Å². The number of imidazole rings is 2. The van der Waals surface area contributed by atoms with Gasteiger partial charge in [0.1, 0.15) is 24.8 Å². The van der Waals surface area contributed by atoms with E-state index < -0.39 is 0 Å². The predicted octanol–water partition coefficient (Wildman–Crippen LogP) is 4.60.